The van der Waals surface area contributed by atoms with Gasteiger partial charge in [0.05, 0.1) is 17.7 Å². The van der Waals surface area contributed by atoms with Crippen molar-refractivity contribution in [2.45, 2.75) is 20.3 Å². The van der Waals surface area contributed by atoms with Crippen molar-refractivity contribution in [3.05, 3.63) is 34.2 Å². The fourth-order valence-electron chi connectivity index (χ4n) is 0.989. The summed E-state index contributed by atoms with van der Waals surface area (Å²) in [4.78, 5) is 13.5. The molecule has 0 atom stereocenters. The number of carbonyl (C=O) groups is 1. The van der Waals surface area contributed by atoms with E-state index in [1.165, 1.54) is 17.2 Å². The zero-order chi connectivity index (χ0) is 10.4. The van der Waals surface area contributed by atoms with Gasteiger partial charge in [-0.25, -0.2) is 0 Å². The lowest BCUT2D eigenvalue weighted by Crippen LogP contribution is -1.90. The maximum atomic E-state index is 11.5. The van der Waals surface area contributed by atoms with Gasteiger partial charge in [0.1, 0.15) is 0 Å². The summed E-state index contributed by atoms with van der Waals surface area (Å²) in [7, 11) is 0. The molecule has 1 aromatic heterocycles. The lowest BCUT2D eigenvalue weighted by atomic mass is 10.3. The van der Waals surface area contributed by atoms with E-state index in [4.69, 9.17) is 4.74 Å². The summed E-state index contributed by atoms with van der Waals surface area (Å²) in [5.74, 6) is 0.0168. The number of hydrogen-bond donors (Lipinski definition) is 0. The molecule has 0 saturated carbocycles. The summed E-state index contributed by atoms with van der Waals surface area (Å²) in [6.45, 7) is 4.56. The van der Waals surface area contributed by atoms with Gasteiger partial charge in [-0.15, -0.1) is 11.3 Å². The first kappa shape index (κ1) is 11.0. The average molecular weight is 210 g/mol. The van der Waals surface area contributed by atoms with E-state index in [1.54, 1.807) is 11.3 Å². The van der Waals surface area contributed by atoms with Crippen LogP contribution in [0.5, 0.6) is 0 Å². The lowest BCUT2D eigenvalue weighted by Gasteiger charge is -1.91. The molecule has 1 heterocycles. The third-order valence-electron chi connectivity index (χ3n) is 1.74. The number of thiophene rings is 1. The van der Waals surface area contributed by atoms with Crippen LogP contribution in [0.25, 0.3) is 0 Å². The topological polar surface area (TPSA) is 26.3 Å². The molecule has 0 unspecified atom stereocenters. The van der Waals surface area contributed by atoms with Gasteiger partial charge in [0, 0.05) is 11.0 Å². The van der Waals surface area contributed by atoms with Gasteiger partial charge in [-0.2, -0.15) is 0 Å². The van der Waals surface area contributed by atoms with Crippen LogP contribution in [0, 0.1) is 0 Å². The summed E-state index contributed by atoms with van der Waals surface area (Å²) in [6.07, 6.45) is 3.90. The molecule has 14 heavy (non-hydrogen) atoms. The first-order chi connectivity index (χ1) is 6.77. The predicted octanol–water partition coefficient (Wildman–Crippen LogP) is 3.04. The third kappa shape index (κ3) is 3.00. The number of ether oxygens (including phenoxy) is 1. The number of carbonyl (C=O) groups excluding carboxylic acids is 1. The second-order valence-corrected chi connectivity index (χ2v) is 3.91. The number of ketones is 1. The third-order valence-corrected chi connectivity index (χ3v) is 2.98. The van der Waals surface area contributed by atoms with Crippen LogP contribution in [-0.2, 0) is 11.2 Å². The second kappa shape index (κ2) is 5.60. The molecule has 0 saturated heterocycles. The Morgan fingerprint density at radius 2 is 2.29 bits per heavy atom. The minimum absolute atomic E-state index is 0.0168. The first-order valence-electron chi connectivity index (χ1n) is 4.69. The van der Waals surface area contributed by atoms with Crippen LogP contribution in [0.3, 0.4) is 0 Å². The van der Waals surface area contributed by atoms with Crippen molar-refractivity contribution in [3.8, 4) is 0 Å². The molecule has 0 fully saturated rings. The summed E-state index contributed by atoms with van der Waals surface area (Å²) < 4.78 is 4.96. The largest absolute Gasteiger partial charge is 0.501 e. The summed E-state index contributed by atoms with van der Waals surface area (Å²) in [6, 6.07) is 3.86. The zero-order valence-corrected chi connectivity index (χ0v) is 9.26. The van der Waals surface area contributed by atoms with Crippen molar-refractivity contribution in [3.63, 3.8) is 0 Å². The first-order valence-corrected chi connectivity index (χ1v) is 5.50. The van der Waals surface area contributed by atoms with E-state index in [0.29, 0.717) is 6.61 Å². The van der Waals surface area contributed by atoms with Crippen molar-refractivity contribution in [1.29, 1.82) is 0 Å². The van der Waals surface area contributed by atoms with Crippen LogP contribution in [0.2, 0.25) is 0 Å². The highest BCUT2D eigenvalue weighted by molar-refractivity contribution is 7.14. The predicted molar refractivity (Wildman–Crippen MR) is 58.8 cm³/mol. The molecule has 3 heteroatoms. The van der Waals surface area contributed by atoms with E-state index in [1.807, 2.05) is 19.1 Å². The van der Waals surface area contributed by atoms with E-state index in [-0.39, 0.29) is 5.78 Å². The Morgan fingerprint density at radius 1 is 1.50 bits per heavy atom. The molecule has 0 aliphatic rings. The second-order valence-electron chi connectivity index (χ2n) is 2.74. The average Bonchev–Trinajstić information content (AvgIpc) is 2.66. The standard InChI is InChI=1S/C11H14O2S/c1-3-9-5-6-11(14-9)10(12)7-8-13-4-2/h5-8H,3-4H2,1-2H3. The highest BCUT2D eigenvalue weighted by Crippen LogP contribution is 2.17. The maximum absolute atomic E-state index is 11.5. The van der Waals surface area contributed by atoms with Crippen molar-refractivity contribution in [2.24, 2.45) is 0 Å². The van der Waals surface area contributed by atoms with Gasteiger partial charge in [-0.3, -0.25) is 4.79 Å². The van der Waals surface area contributed by atoms with Gasteiger partial charge in [-0.1, -0.05) is 6.92 Å². The van der Waals surface area contributed by atoms with E-state index < -0.39 is 0 Å². The fraction of sp³-hybridized carbons (Fsp3) is 0.364. The zero-order valence-electron chi connectivity index (χ0n) is 8.45. The Hall–Kier alpha value is -1.09. The molecule has 0 bridgehead atoms. The monoisotopic (exact) mass is 210 g/mol. The summed E-state index contributed by atoms with van der Waals surface area (Å²) in [5, 5.41) is 0. The van der Waals surface area contributed by atoms with Gasteiger partial charge in [0.2, 0.25) is 0 Å². The molecule has 1 aromatic rings. The smallest absolute Gasteiger partial charge is 0.198 e. The molecule has 0 N–H and O–H groups in total. The van der Waals surface area contributed by atoms with Crippen LogP contribution in [0.1, 0.15) is 28.4 Å². The van der Waals surface area contributed by atoms with E-state index in [0.717, 1.165) is 11.3 Å². The van der Waals surface area contributed by atoms with Gasteiger partial charge >= 0.3 is 0 Å². The molecular formula is C11H14O2S. The highest BCUT2D eigenvalue weighted by Gasteiger charge is 2.04. The normalized spacial score (nSPS) is 10.7. The number of hydrogen-bond acceptors (Lipinski definition) is 3. The van der Waals surface area contributed by atoms with Gasteiger partial charge in [0.15, 0.2) is 5.78 Å². The Bertz CT molecular complexity index is 326. The Balaban J connectivity index is 2.60. The van der Waals surface area contributed by atoms with Crippen molar-refractivity contribution < 1.29 is 9.53 Å². The molecule has 2 nitrogen and oxygen atoms in total. The molecular weight excluding hydrogens is 196 g/mol. The summed E-state index contributed by atoms with van der Waals surface area (Å²) in [5.41, 5.74) is 0. The van der Waals surface area contributed by atoms with Gasteiger partial charge < -0.3 is 4.74 Å². The fourth-order valence-corrected chi connectivity index (χ4v) is 1.86. The van der Waals surface area contributed by atoms with Gasteiger partial charge in [0.25, 0.3) is 0 Å². The molecule has 0 amide bonds. The minimum atomic E-state index is 0.0168. The molecule has 0 aliphatic heterocycles. The van der Waals surface area contributed by atoms with Crippen molar-refractivity contribution in [1.82, 2.24) is 0 Å². The molecule has 1 rings (SSSR count). The summed E-state index contributed by atoms with van der Waals surface area (Å²) >= 11 is 1.54. The van der Waals surface area contributed by atoms with E-state index in [2.05, 4.69) is 6.92 Å². The SMILES string of the molecule is CCOC=CC(=O)c1ccc(CC)s1. The van der Waals surface area contributed by atoms with Crippen LogP contribution >= 0.6 is 11.3 Å². The van der Waals surface area contributed by atoms with Crippen molar-refractivity contribution >= 4 is 17.1 Å². The number of rotatable bonds is 5. The Morgan fingerprint density at radius 3 is 2.86 bits per heavy atom. The van der Waals surface area contributed by atoms with E-state index >= 15 is 0 Å². The molecule has 0 spiro atoms. The number of allylic oxidation sites excluding steroid dienone is 1. The van der Waals surface area contributed by atoms with Crippen LogP contribution in [0.4, 0.5) is 0 Å². The van der Waals surface area contributed by atoms with Crippen LogP contribution < -0.4 is 0 Å². The maximum Gasteiger partial charge on any atom is 0.198 e. The lowest BCUT2D eigenvalue weighted by molar-refractivity contribution is 0.104. The van der Waals surface area contributed by atoms with E-state index in [9.17, 15) is 4.79 Å². The highest BCUT2D eigenvalue weighted by atomic mass is 32.1. The van der Waals surface area contributed by atoms with Gasteiger partial charge in [-0.05, 0) is 25.5 Å². The molecule has 0 aromatic carbocycles. The quantitative estimate of drug-likeness (QED) is 0.424. The molecule has 76 valence electrons. The number of aryl methyl sites for hydroxylation is 1. The Labute approximate surface area is 88.2 Å². The van der Waals surface area contributed by atoms with Crippen LogP contribution in [-0.4, -0.2) is 12.4 Å². The molecule has 0 radical (unpaired) electrons. The minimum Gasteiger partial charge on any atom is -0.501 e. The molecule has 0 aliphatic carbocycles. The van der Waals surface area contributed by atoms with Crippen molar-refractivity contribution in [2.75, 3.05) is 6.61 Å². The Kier molecular flexibility index (Phi) is 4.40. The van der Waals surface area contributed by atoms with Crippen LogP contribution in [0.15, 0.2) is 24.5 Å².